The van der Waals surface area contributed by atoms with E-state index in [1.165, 1.54) is 0 Å². The molecule has 1 nitrogen and oxygen atoms in total. The third-order valence-electron chi connectivity index (χ3n) is 0.715. The standard InChI is InChI=1S/C4H5F6N/c5-1-4(9,10)11-2-3(6,7)8/h11H,1-2H2. The number of alkyl halides is 6. The Hall–Kier alpha value is -0.460. The summed E-state index contributed by atoms with van der Waals surface area (Å²) in [6.45, 7) is -4.05. The number of hydrogen-bond acceptors (Lipinski definition) is 1. The van der Waals surface area contributed by atoms with Crippen molar-refractivity contribution in [3.05, 3.63) is 0 Å². The van der Waals surface area contributed by atoms with Crippen molar-refractivity contribution < 1.29 is 26.3 Å². The SMILES string of the molecule is FCC(F)(F)NCC(F)(F)F. The van der Waals surface area contributed by atoms with Crippen molar-refractivity contribution >= 4 is 0 Å². The molecule has 0 aromatic carbocycles. The number of nitrogens with one attached hydrogen (secondary N) is 1. The first-order valence-electron chi connectivity index (χ1n) is 2.52. The fraction of sp³-hybridized carbons (Fsp3) is 1.00. The van der Waals surface area contributed by atoms with Gasteiger partial charge in [-0.2, -0.15) is 22.0 Å². The van der Waals surface area contributed by atoms with Gasteiger partial charge >= 0.3 is 12.2 Å². The van der Waals surface area contributed by atoms with E-state index in [-0.39, 0.29) is 0 Å². The van der Waals surface area contributed by atoms with Gasteiger partial charge < -0.3 is 0 Å². The van der Waals surface area contributed by atoms with E-state index in [0.29, 0.717) is 5.32 Å². The molecule has 0 atom stereocenters. The van der Waals surface area contributed by atoms with Gasteiger partial charge in [0, 0.05) is 0 Å². The Balaban J connectivity index is 3.70. The first kappa shape index (κ1) is 10.5. The van der Waals surface area contributed by atoms with Gasteiger partial charge in [-0.25, -0.2) is 9.71 Å². The average Bonchev–Trinajstić information content (AvgIpc) is 1.83. The highest BCUT2D eigenvalue weighted by Gasteiger charge is 2.35. The molecule has 0 fully saturated rings. The molecule has 0 aliphatic heterocycles. The van der Waals surface area contributed by atoms with Crippen molar-refractivity contribution in [2.75, 3.05) is 13.2 Å². The summed E-state index contributed by atoms with van der Waals surface area (Å²) in [5.41, 5.74) is 0. The fourth-order valence-electron chi connectivity index (χ4n) is 0.277. The van der Waals surface area contributed by atoms with E-state index in [2.05, 4.69) is 0 Å². The lowest BCUT2D eigenvalue weighted by Gasteiger charge is -2.15. The van der Waals surface area contributed by atoms with Crippen LogP contribution in [-0.4, -0.2) is 25.4 Å². The zero-order valence-electron chi connectivity index (χ0n) is 5.18. The van der Waals surface area contributed by atoms with Gasteiger partial charge in [0.15, 0.2) is 6.67 Å². The van der Waals surface area contributed by atoms with E-state index in [9.17, 15) is 26.3 Å². The molecule has 0 spiro atoms. The summed E-state index contributed by atoms with van der Waals surface area (Å²) in [5.74, 6) is 0. The van der Waals surface area contributed by atoms with Crippen molar-refractivity contribution in [1.29, 1.82) is 0 Å². The highest BCUT2D eigenvalue weighted by Crippen LogP contribution is 2.16. The maximum atomic E-state index is 11.7. The third-order valence-corrected chi connectivity index (χ3v) is 0.715. The minimum absolute atomic E-state index is 0.715. The largest absolute Gasteiger partial charge is 0.401 e. The molecule has 0 rings (SSSR count). The van der Waals surface area contributed by atoms with E-state index < -0.39 is 25.4 Å². The zero-order valence-corrected chi connectivity index (χ0v) is 5.18. The van der Waals surface area contributed by atoms with Crippen LogP contribution in [0.15, 0.2) is 0 Å². The third kappa shape index (κ3) is 5.96. The predicted octanol–water partition coefficient (Wildman–Crippen LogP) is 1.70. The highest BCUT2D eigenvalue weighted by molar-refractivity contribution is 4.64. The molecule has 68 valence electrons. The van der Waals surface area contributed by atoms with Crippen LogP contribution in [0.2, 0.25) is 0 Å². The minimum Gasteiger partial charge on any atom is -0.247 e. The molecule has 0 aliphatic rings. The Morgan fingerprint density at radius 2 is 1.45 bits per heavy atom. The van der Waals surface area contributed by atoms with Gasteiger partial charge in [0.1, 0.15) is 0 Å². The smallest absolute Gasteiger partial charge is 0.247 e. The molecule has 0 heterocycles. The Kier molecular flexibility index (Phi) is 3.15. The molecular weight excluding hydrogens is 176 g/mol. The molecule has 0 aliphatic carbocycles. The van der Waals surface area contributed by atoms with Gasteiger partial charge in [0.25, 0.3) is 0 Å². The van der Waals surface area contributed by atoms with Gasteiger partial charge in [-0.3, -0.25) is 0 Å². The van der Waals surface area contributed by atoms with E-state index in [0.717, 1.165) is 0 Å². The molecular formula is C4H5F6N. The Morgan fingerprint density at radius 3 is 1.73 bits per heavy atom. The number of rotatable bonds is 3. The van der Waals surface area contributed by atoms with E-state index in [1.54, 1.807) is 0 Å². The van der Waals surface area contributed by atoms with Crippen LogP contribution in [0.1, 0.15) is 0 Å². The van der Waals surface area contributed by atoms with Crippen molar-refractivity contribution in [2.45, 2.75) is 12.2 Å². The summed E-state index contributed by atoms with van der Waals surface area (Å²) in [6, 6.07) is -4.09. The second-order valence-corrected chi connectivity index (χ2v) is 1.81. The van der Waals surface area contributed by atoms with Crippen LogP contribution in [0.4, 0.5) is 26.3 Å². The van der Waals surface area contributed by atoms with Gasteiger partial charge in [-0.05, 0) is 0 Å². The summed E-state index contributed by atoms with van der Waals surface area (Å²) in [5, 5.41) is 0.715. The second-order valence-electron chi connectivity index (χ2n) is 1.81. The maximum absolute atomic E-state index is 11.7. The summed E-state index contributed by atoms with van der Waals surface area (Å²) in [7, 11) is 0. The molecule has 11 heavy (non-hydrogen) atoms. The van der Waals surface area contributed by atoms with Crippen molar-refractivity contribution in [3.63, 3.8) is 0 Å². The van der Waals surface area contributed by atoms with E-state index in [1.807, 2.05) is 0 Å². The number of halogens is 6. The molecule has 0 bridgehead atoms. The predicted molar refractivity (Wildman–Crippen MR) is 25.0 cm³/mol. The average molecular weight is 181 g/mol. The van der Waals surface area contributed by atoms with E-state index in [4.69, 9.17) is 0 Å². The first-order valence-corrected chi connectivity index (χ1v) is 2.52. The Morgan fingerprint density at radius 1 is 1.00 bits per heavy atom. The van der Waals surface area contributed by atoms with Gasteiger partial charge in [-0.15, -0.1) is 0 Å². The lowest BCUT2D eigenvalue weighted by Crippen LogP contribution is -2.43. The van der Waals surface area contributed by atoms with Crippen molar-refractivity contribution in [3.8, 4) is 0 Å². The fourth-order valence-corrected chi connectivity index (χ4v) is 0.277. The molecule has 0 unspecified atom stereocenters. The molecule has 0 saturated heterocycles. The van der Waals surface area contributed by atoms with Crippen LogP contribution in [0.3, 0.4) is 0 Å². The van der Waals surface area contributed by atoms with Crippen molar-refractivity contribution in [1.82, 2.24) is 5.32 Å². The quantitative estimate of drug-likeness (QED) is 0.516. The van der Waals surface area contributed by atoms with Gasteiger partial charge in [-0.1, -0.05) is 0 Å². The summed E-state index contributed by atoms with van der Waals surface area (Å²) >= 11 is 0. The molecule has 0 saturated carbocycles. The normalized spacial score (nSPS) is 13.6. The lowest BCUT2D eigenvalue weighted by atomic mass is 10.5. The highest BCUT2D eigenvalue weighted by atomic mass is 19.4. The molecule has 0 amide bonds. The van der Waals surface area contributed by atoms with Crippen LogP contribution in [0, 0.1) is 0 Å². The van der Waals surface area contributed by atoms with Crippen molar-refractivity contribution in [2.24, 2.45) is 0 Å². The van der Waals surface area contributed by atoms with Crippen LogP contribution in [0.25, 0.3) is 0 Å². The van der Waals surface area contributed by atoms with Crippen LogP contribution in [-0.2, 0) is 0 Å². The van der Waals surface area contributed by atoms with Crippen LogP contribution in [0.5, 0.6) is 0 Å². The molecule has 1 N–H and O–H groups in total. The zero-order chi connectivity index (χ0) is 9.12. The molecule has 7 heteroatoms. The Bertz CT molecular complexity index is 118. The van der Waals surface area contributed by atoms with Crippen LogP contribution < -0.4 is 5.32 Å². The number of hydrogen-bond donors (Lipinski definition) is 1. The second kappa shape index (κ2) is 3.29. The maximum Gasteiger partial charge on any atom is 0.401 e. The lowest BCUT2D eigenvalue weighted by molar-refractivity contribution is -0.150. The molecule has 0 radical (unpaired) electrons. The monoisotopic (exact) mass is 181 g/mol. The topological polar surface area (TPSA) is 12.0 Å². The summed E-state index contributed by atoms with van der Waals surface area (Å²) < 4.78 is 68.2. The first-order chi connectivity index (χ1) is 4.77. The van der Waals surface area contributed by atoms with Gasteiger partial charge in [0.2, 0.25) is 0 Å². The molecule has 0 aromatic heterocycles. The van der Waals surface area contributed by atoms with E-state index >= 15 is 0 Å². The minimum atomic E-state index is -4.75. The molecule has 0 aromatic rings. The summed E-state index contributed by atoms with van der Waals surface area (Å²) in [6.07, 6.45) is -4.75. The Labute approximate surface area is 58.4 Å². The summed E-state index contributed by atoms with van der Waals surface area (Å²) in [4.78, 5) is 0. The van der Waals surface area contributed by atoms with Gasteiger partial charge in [0.05, 0.1) is 6.54 Å². The van der Waals surface area contributed by atoms with Crippen LogP contribution >= 0.6 is 0 Å².